The molecule has 0 aliphatic carbocycles. The first kappa shape index (κ1) is 10.4. The molecule has 16 heavy (non-hydrogen) atoms. The lowest BCUT2D eigenvalue weighted by molar-refractivity contribution is 0.141. The SMILES string of the molecule is CN1C=CC(=C([O])Oc2ccccc2)C=C1. The standard InChI is InChI=1S/C13H12NO2/c1-14-9-7-11(8-10-14)13(15)16-12-5-3-2-4-6-12/h2-10H,1H3. The molecule has 0 atom stereocenters. The van der Waals surface area contributed by atoms with Crippen LogP contribution in [0.5, 0.6) is 5.75 Å². The zero-order valence-electron chi connectivity index (χ0n) is 8.96. The van der Waals surface area contributed by atoms with E-state index < -0.39 is 0 Å². The maximum absolute atomic E-state index is 11.7. The highest BCUT2D eigenvalue weighted by Gasteiger charge is 2.07. The summed E-state index contributed by atoms with van der Waals surface area (Å²) >= 11 is 0. The number of ether oxygens (including phenoxy) is 1. The third kappa shape index (κ3) is 2.45. The lowest BCUT2D eigenvalue weighted by Crippen LogP contribution is -2.05. The first-order valence-corrected chi connectivity index (χ1v) is 4.98. The number of hydrogen-bond acceptors (Lipinski definition) is 2. The number of allylic oxidation sites excluding steroid dienone is 3. The maximum Gasteiger partial charge on any atom is 0.343 e. The highest BCUT2D eigenvalue weighted by atomic mass is 16.6. The van der Waals surface area contributed by atoms with Gasteiger partial charge in [0.15, 0.2) is 0 Å². The monoisotopic (exact) mass is 214 g/mol. The molecular formula is C13H12NO2. The second-order valence-electron chi connectivity index (χ2n) is 3.45. The smallest absolute Gasteiger partial charge is 0.343 e. The van der Waals surface area contributed by atoms with Gasteiger partial charge in [-0.15, -0.1) is 0 Å². The summed E-state index contributed by atoms with van der Waals surface area (Å²) in [6.07, 6.45) is 7.07. The predicted octanol–water partition coefficient (Wildman–Crippen LogP) is 2.68. The van der Waals surface area contributed by atoms with Crippen LogP contribution in [0.4, 0.5) is 0 Å². The van der Waals surface area contributed by atoms with Crippen LogP contribution in [-0.4, -0.2) is 11.9 Å². The molecule has 0 saturated carbocycles. The van der Waals surface area contributed by atoms with Crippen LogP contribution < -0.4 is 4.74 Å². The Bertz CT molecular complexity index is 430. The van der Waals surface area contributed by atoms with E-state index in [-0.39, 0.29) is 5.95 Å². The van der Waals surface area contributed by atoms with Crippen molar-refractivity contribution in [1.82, 2.24) is 4.90 Å². The van der Waals surface area contributed by atoms with Crippen LogP contribution in [0.25, 0.3) is 0 Å². The van der Waals surface area contributed by atoms with Crippen LogP contribution in [0.3, 0.4) is 0 Å². The Morgan fingerprint density at radius 2 is 1.75 bits per heavy atom. The molecule has 81 valence electrons. The molecule has 2 rings (SSSR count). The minimum Gasteiger partial charge on any atom is -0.423 e. The average Bonchev–Trinajstić information content (AvgIpc) is 2.31. The van der Waals surface area contributed by atoms with Gasteiger partial charge in [0, 0.05) is 19.4 Å². The van der Waals surface area contributed by atoms with Gasteiger partial charge >= 0.3 is 5.95 Å². The Balaban J connectivity index is 2.14. The lowest BCUT2D eigenvalue weighted by Gasteiger charge is -2.12. The number of nitrogens with zero attached hydrogens (tertiary/aromatic N) is 1. The van der Waals surface area contributed by atoms with Gasteiger partial charge in [0.1, 0.15) is 5.75 Å². The highest BCUT2D eigenvalue weighted by Crippen LogP contribution is 2.17. The molecular weight excluding hydrogens is 202 g/mol. The van der Waals surface area contributed by atoms with Crippen LogP contribution in [0.1, 0.15) is 0 Å². The van der Waals surface area contributed by atoms with E-state index >= 15 is 0 Å². The summed E-state index contributed by atoms with van der Waals surface area (Å²) in [7, 11) is 1.90. The van der Waals surface area contributed by atoms with Crippen LogP contribution in [0.15, 0.2) is 66.4 Å². The summed E-state index contributed by atoms with van der Waals surface area (Å²) in [6.45, 7) is 0. The van der Waals surface area contributed by atoms with E-state index in [4.69, 9.17) is 4.74 Å². The molecule has 0 bridgehead atoms. The fraction of sp³-hybridized carbons (Fsp3) is 0.0769. The molecule has 1 aliphatic rings. The normalized spacial score (nSPS) is 14.1. The summed E-state index contributed by atoms with van der Waals surface area (Å²) < 4.78 is 5.19. The van der Waals surface area contributed by atoms with Gasteiger partial charge in [-0.2, -0.15) is 0 Å². The van der Waals surface area contributed by atoms with Gasteiger partial charge in [0.2, 0.25) is 0 Å². The van der Waals surface area contributed by atoms with Crippen LogP contribution in [0.2, 0.25) is 0 Å². The molecule has 1 aromatic carbocycles. The fourth-order valence-electron chi connectivity index (χ4n) is 1.29. The minimum atomic E-state index is -0.341. The van der Waals surface area contributed by atoms with E-state index in [1.807, 2.05) is 42.5 Å². The predicted molar refractivity (Wildman–Crippen MR) is 60.8 cm³/mol. The zero-order valence-corrected chi connectivity index (χ0v) is 8.96. The molecule has 1 aromatic rings. The molecule has 0 aromatic heterocycles. The van der Waals surface area contributed by atoms with Crippen molar-refractivity contribution in [2.24, 2.45) is 0 Å². The number of rotatable bonds is 2. The number of hydrogen-bond donors (Lipinski definition) is 0. The summed E-state index contributed by atoms with van der Waals surface area (Å²) in [5.41, 5.74) is 0.543. The largest absolute Gasteiger partial charge is 0.423 e. The highest BCUT2D eigenvalue weighted by molar-refractivity contribution is 5.35. The molecule has 0 N–H and O–H groups in total. The zero-order chi connectivity index (χ0) is 11.4. The van der Waals surface area contributed by atoms with Crippen molar-refractivity contribution in [3.63, 3.8) is 0 Å². The molecule has 0 amide bonds. The van der Waals surface area contributed by atoms with Gasteiger partial charge in [0.05, 0.1) is 5.57 Å². The lowest BCUT2D eigenvalue weighted by atomic mass is 10.2. The first-order valence-electron chi connectivity index (χ1n) is 4.98. The van der Waals surface area contributed by atoms with Crippen molar-refractivity contribution in [3.05, 3.63) is 66.4 Å². The van der Waals surface area contributed by atoms with Gasteiger partial charge in [-0.25, -0.2) is 5.11 Å². The Morgan fingerprint density at radius 1 is 1.12 bits per heavy atom. The van der Waals surface area contributed by atoms with Crippen molar-refractivity contribution in [2.45, 2.75) is 0 Å². The average molecular weight is 214 g/mol. The van der Waals surface area contributed by atoms with E-state index in [0.717, 1.165) is 0 Å². The van der Waals surface area contributed by atoms with Gasteiger partial charge in [-0.05, 0) is 24.3 Å². The Hall–Kier alpha value is -2.16. The Morgan fingerprint density at radius 3 is 2.38 bits per heavy atom. The molecule has 1 aliphatic heterocycles. The maximum atomic E-state index is 11.7. The van der Waals surface area contributed by atoms with E-state index in [1.54, 1.807) is 24.3 Å². The van der Waals surface area contributed by atoms with Crippen molar-refractivity contribution in [2.75, 3.05) is 7.05 Å². The van der Waals surface area contributed by atoms with Crippen molar-refractivity contribution in [1.29, 1.82) is 0 Å². The molecule has 1 radical (unpaired) electrons. The third-order valence-electron chi connectivity index (χ3n) is 2.17. The minimum absolute atomic E-state index is 0.341. The number of benzene rings is 1. The summed E-state index contributed by atoms with van der Waals surface area (Å²) in [5.74, 6) is 0.215. The van der Waals surface area contributed by atoms with Crippen molar-refractivity contribution in [3.8, 4) is 5.75 Å². The topological polar surface area (TPSA) is 32.4 Å². The van der Waals surface area contributed by atoms with Crippen LogP contribution in [0, 0.1) is 0 Å². The van der Waals surface area contributed by atoms with Crippen molar-refractivity contribution >= 4 is 0 Å². The molecule has 1 heterocycles. The van der Waals surface area contributed by atoms with Crippen LogP contribution >= 0.6 is 0 Å². The van der Waals surface area contributed by atoms with Gasteiger partial charge in [0.25, 0.3) is 0 Å². The number of para-hydroxylation sites is 1. The molecule has 3 nitrogen and oxygen atoms in total. The van der Waals surface area contributed by atoms with Gasteiger partial charge in [-0.1, -0.05) is 18.2 Å². The van der Waals surface area contributed by atoms with E-state index in [2.05, 4.69) is 0 Å². The Kier molecular flexibility index (Phi) is 2.96. The molecule has 3 heteroatoms. The fourth-order valence-corrected chi connectivity index (χ4v) is 1.29. The summed E-state index contributed by atoms with van der Waals surface area (Å²) in [5, 5.41) is 11.7. The molecule has 0 unspecified atom stereocenters. The van der Waals surface area contributed by atoms with Gasteiger partial charge < -0.3 is 9.64 Å². The second kappa shape index (κ2) is 4.57. The molecule has 0 spiro atoms. The molecule has 0 saturated heterocycles. The first-order chi connectivity index (χ1) is 7.75. The summed E-state index contributed by atoms with van der Waals surface area (Å²) in [6, 6.07) is 9.03. The van der Waals surface area contributed by atoms with Crippen molar-refractivity contribution < 1.29 is 9.84 Å². The Labute approximate surface area is 94.6 Å². The van der Waals surface area contributed by atoms with Gasteiger partial charge in [-0.3, -0.25) is 0 Å². The molecule has 0 fully saturated rings. The second-order valence-corrected chi connectivity index (χ2v) is 3.45. The van der Waals surface area contributed by atoms with E-state index in [0.29, 0.717) is 11.3 Å². The van der Waals surface area contributed by atoms with E-state index in [9.17, 15) is 5.11 Å². The van der Waals surface area contributed by atoms with Crippen LogP contribution in [-0.2, 0) is 5.11 Å². The van der Waals surface area contributed by atoms with E-state index in [1.165, 1.54) is 0 Å². The quantitative estimate of drug-likeness (QED) is 0.709. The third-order valence-corrected chi connectivity index (χ3v) is 2.17. The summed E-state index contributed by atoms with van der Waals surface area (Å²) in [4.78, 5) is 1.86.